The molecule has 2 aliphatic heterocycles. The Morgan fingerprint density at radius 1 is 1.24 bits per heavy atom. The van der Waals surface area contributed by atoms with Crippen molar-refractivity contribution in [1.82, 2.24) is 4.90 Å². The van der Waals surface area contributed by atoms with E-state index in [2.05, 4.69) is 0 Å². The molecule has 4 nitrogen and oxygen atoms in total. The van der Waals surface area contributed by atoms with Crippen LogP contribution in [0.15, 0.2) is 36.0 Å². The van der Waals surface area contributed by atoms with Crippen LogP contribution in [-0.4, -0.2) is 22.8 Å². The lowest BCUT2D eigenvalue weighted by molar-refractivity contribution is -0.301. The van der Waals surface area contributed by atoms with Crippen LogP contribution in [0.2, 0.25) is 0 Å². The number of β-lactam (4-membered cyclic amide) rings is 1. The first-order chi connectivity index (χ1) is 8.18. The molecular weight excluding hydrogens is 218 g/mol. The predicted octanol–water partition coefficient (Wildman–Crippen LogP) is 0.152. The summed E-state index contributed by atoms with van der Waals surface area (Å²) in [7, 11) is 0. The van der Waals surface area contributed by atoms with Gasteiger partial charge in [-0.1, -0.05) is 30.3 Å². The van der Waals surface area contributed by atoms with Crippen molar-refractivity contribution < 1.29 is 14.7 Å². The van der Waals surface area contributed by atoms with Gasteiger partial charge in [0.1, 0.15) is 0 Å². The smallest absolute Gasteiger partial charge is 0.229 e. The summed E-state index contributed by atoms with van der Waals surface area (Å²) >= 11 is 0. The second-order valence-electron chi connectivity index (χ2n) is 4.31. The SMILES string of the molecule is O=C([O-])C1=C(c2ccccc2)CC2CC(=O)N12. The second-order valence-corrected chi connectivity index (χ2v) is 4.31. The molecule has 2 aliphatic rings. The van der Waals surface area contributed by atoms with E-state index in [1.54, 1.807) is 0 Å². The first-order valence-corrected chi connectivity index (χ1v) is 5.50. The summed E-state index contributed by atoms with van der Waals surface area (Å²) < 4.78 is 0. The van der Waals surface area contributed by atoms with Crippen molar-refractivity contribution in [1.29, 1.82) is 0 Å². The summed E-state index contributed by atoms with van der Waals surface area (Å²) in [5, 5.41) is 11.2. The zero-order valence-corrected chi connectivity index (χ0v) is 9.05. The molecule has 1 fully saturated rings. The minimum Gasteiger partial charge on any atom is -0.543 e. The molecule has 1 saturated heterocycles. The molecule has 0 aliphatic carbocycles. The van der Waals surface area contributed by atoms with Gasteiger partial charge in [-0.2, -0.15) is 0 Å². The average molecular weight is 228 g/mol. The highest BCUT2D eigenvalue weighted by atomic mass is 16.4. The maximum atomic E-state index is 11.4. The van der Waals surface area contributed by atoms with Crippen LogP contribution in [0.4, 0.5) is 0 Å². The molecular formula is C13H10NO3-. The van der Waals surface area contributed by atoms with Gasteiger partial charge in [-0.15, -0.1) is 0 Å². The molecule has 3 rings (SSSR count). The van der Waals surface area contributed by atoms with E-state index >= 15 is 0 Å². The number of amides is 1. The van der Waals surface area contributed by atoms with Crippen molar-refractivity contribution in [3.63, 3.8) is 0 Å². The predicted molar refractivity (Wildman–Crippen MR) is 58.2 cm³/mol. The normalized spacial score (nSPS) is 22.5. The average Bonchev–Trinajstić information content (AvgIpc) is 2.63. The number of benzene rings is 1. The zero-order valence-electron chi connectivity index (χ0n) is 9.05. The second kappa shape index (κ2) is 3.45. The fourth-order valence-corrected chi connectivity index (χ4v) is 2.55. The van der Waals surface area contributed by atoms with Crippen molar-refractivity contribution in [2.24, 2.45) is 0 Å². The monoisotopic (exact) mass is 228 g/mol. The van der Waals surface area contributed by atoms with Gasteiger partial charge in [-0.05, 0) is 17.6 Å². The molecule has 17 heavy (non-hydrogen) atoms. The van der Waals surface area contributed by atoms with Crippen LogP contribution in [-0.2, 0) is 9.59 Å². The molecule has 1 aromatic carbocycles. The first kappa shape index (κ1) is 10.1. The highest BCUT2D eigenvalue weighted by molar-refractivity contribution is 6.04. The maximum absolute atomic E-state index is 11.4. The first-order valence-electron chi connectivity index (χ1n) is 5.50. The van der Waals surface area contributed by atoms with Crippen LogP contribution in [0.25, 0.3) is 5.57 Å². The molecule has 4 heteroatoms. The van der Waals surface area contributed by atoms with Crippen molar-refractivity contribution in [2.75, 3.05) is 0 Å². The van der Waals surface area contributed by atoms with Crippen LogP contribution in [0.5, 0.6) is 0 Å². The molecule has 1 amide bonds. The van der Waals surface area contributed by atoms with E-state index < -0.39 is 5.97 Å². The quantitative estimate of drug-likeness (QED) is 0.677. The number of carboxylic acid groups (broad SMARTS) is 1. The molecule has 0 bridgehead atoms. The molecule has 0 spiro atoms. The van der Waals surface area contributed by atoms with Crippen molar-refractivity contribution >= 4 is 17.4 Å². The third-order valence-corrected chi connectivity index (χ3v) is 3.33. The minimum atomic E-state index is -1.26. The van der Waals surface area contributed by atoms with E-state index in [1.807, 2.05) is 30.3 Å². The van der Waals surface area contributed by atoms with E-state index in [0.29, 0.717) is 18.4 Å². The Morgan fingerprint density at radius 3 is 2.53 bits per heavy atom. The third kappa shape index (κ3) is 1.37. The van der Waals surface area contributed by atoms with Gasteiger partial charge in [0, 0.05) is 12.5 Å². The summed E-state index contributed by atoms with van der Waals surface area (Å²) in [6.45, 7) is 0. The number of carboxylic acids is 1. The lowest BCUT2D eigenvalue weighted by Gasteiger charge is -2.36. The number of hydrogen-bond donors (Lipinski definition) is 0. The summed E-state index contributed by atoms with van der Waals surface area (Å²) in [5.74, 6) is -1.39. The number of nitrogens with zero attached hydrogens (tertiary/aromatic N) is 1. The zero-order chi connectivity index (χ0) is 12.0. The Labute approximate surface area is 98.2 Å². The van der Waals surface area contributed by atoms with Crippen molar-refractivity contribution in [3.8, 4) is 0 Å². The van der Waals surface area contributed by atoms with E-state index in [0.717, 1.165) is 5.56 Å². The highest BCUT2D eigenvalue weighted by Gasteiger charge is 2.45. The minimum absolute atomic E-state index is 0.0191. The van der Waals surface area contributed by atoms with E-state index in [4.69, 9.17) is 0 Å². The van der Waals surface area contributed by atoms with Crippen LogP contribution >= 0.6 is 0 Å². The van der Waals surface area contributed by atoms with Gasteiger partial charge in [0.25, 0.3) is 0 Å². The van der Waals surface area contributed by atoms with Crippen LogP contribution < -0.4 is 5.11 Å². The van der Waals surface area contributed by atoms with Gasteiger partial charge in [0.15, 0.2) is 0 Å². The molecule has 2 heterocycles. The van der Waals surface area contributed by atoms with E-state index in [9.17, 15) is 14.7 Å². The fourth-order valence-electron chi connectivity index (χ4n) is 2.55. The largest absolute Gasteiger partial charge is 0.543 e. The molecule has 86 valence electrons. The molecule has 0 N–H and O–H groups in total. The number of hydrogen-bond acceptors (Lipinski definition) is 3. The number of carbonyl (C=O) groups excluding carboxylic acids is 2. The van der Waals surface area contributed by atoms with Gasteiger partial charge in [0.05, 0.1) is 11.7 Å². The third-order valence-electron chi connectivity index (χ3n) is 3.33. The lowest BCUT2D eigenvalue weighted by Crippen LogP contribution is -2.51. The number of rotatable bonds is 2. The Morgan fingerprint density at radius 2 is 1.94 bits per heavy atom. The Bertz CT molecular complexity index is 533. The Hall–Kier alpha value is -2.10. The van der Waals surface area contributed by atoms with Gasteiger partial charge < -0.3 is 14.8 Å². The Kier molecular flexibility index (Phi) is 2.04. The van der Waals surface area contributed by atoms with Crippen LogP contribution in [0.3, 0.4) is 0 Å². The van der Waals surface area contributed by atoms with Gasteiger partial charge >= 0.3 is 0 Å². The van der Waals surface area contributed by atoms with Crippen LogP contribution in [0.1, 0.15) is 18.4 Å². The molecule has 1 unspecified atom stereocenters. The van der Waals surface area contributed by atoms with Crippen molar-refractivity contribution in [2.45, 2.75) is 18.9 Å². The highest BCUT2D eigenvalue weighted by Crippen LogP contribution is 2.42. The number of carbonyl (C=O) groups is 2. The summed E-state index contributed by atoms with van der Waals surface area (Å²) in [6.07, 6.45) is 1.05. The maximum Gasteiger partial charge on any atom is 0.229 e. The summed E-state index contributed by atoms with van der Waals surface area (Å²) in [6, 6.07) is 9.31. The molecule has 0 aromatic heterocycles. The van der Waals surface area contributed by atoms with Crippen LogP contribution in [0, 0.1) is 0 Å². The molecule has 0 radical (unpaired) electrons. The summed E-state index contributed by atoms with van der Waals surface area (Å²) in [4.78, 5) is 23.9. The van der Waals surface area contributed by atoms with Gasteiger partial charge in [-0.3, -0.25) is 4.79 Å². The standard InChI is InChI=1S/C13H11NO3/c15-11-7-9-6-10(8-4-2-1-3-5-8)12(13(16)17)14(9)11/h1-5,9H,6-7H2,(H,16,17)/p-1. The fraction of sp³-hybridized carbons (Fsp3) is 0.231. The van der Waals surface area contributed by atoms with E-state index in [-0.39, 0.29) is 17.6 Å². The number of aliphatic carboxylic acids is 1. The van der Waals surface area contributed by atoms with Crippen molar-refractivity contribution in [3.05, 3.63) is 41.6 Å². The van der Waals surface area contributed by atoms with Gasteiger partial charge in [0.2, 0.25) is 5.91 Å². The topological polar surface area (TPSA) is 60.4 Å². The molecule has 1 aromatic rings. The number of fused-ring (bicyclic) bond motifs is 1. The molecule has 1 atom stereocenters. The van der Waals surface area contributed by atoms with E-state index in [1.165, 1.54) is 4.90 Å². The Balaban J connectivity index is 2.10. The molecule has 0 saturated carbocycles. The van der Waals surface area contributed by atoms with Gasteiger partial charge in [-0.25, -0.2) is 0 Å². The summed E-state index contributed by atoms with van der Waals surface area (Å²) in [5.41, 5.74) is 1.62. The lowest BCUT2D eigenvalue weighted by atomic mass is 9.97.